The largest absolute Gasteiger partial charge is 0.376 e. The Bertz CT molecular complexity index is 481. The maximum absolute atomic E-state index is 13.1. The molecule has 0 radical (unpaired) electrons. The molecule has 0 spiro atoms. The SMILES string of the molecule is CCCOC1CCCN(C(=O)c2ccc(F)cc2Br)C1. The van der Waals surface area contributed by atoms with E-state index < -0.39 is 0 Å². The van der Waals surface area contributed by atoms with E-state index >= 15 is 0 Å². The Morgan fingerprint density at radius 1 is 1.55 bits per heavy atom. The van der Waals surface area contributed by atoms with Crippen molar-refractivity contribution in [1.29, 1.82) is 0 Å². The van der Waals surface area contributed by atoms with Gasteiger partial charge in [-0.3, -0.25) is 4.79 Å². The Balaban J connectivity index is 2.04. The predicted molar refractivity (Wildman–Crippen MR) is 79.3 cm³/mol. The smallest absolute Gasteiger partial charge is 0.255 e. The van der Waals surface area contributed by atoms with Gasteiger partial charge in [-0.2, -0.15) is 0 Å². The van der Waals surface area contributed by atoms with E-state index in [1.165, 1.54) is 18.2 Å². The second kappa shape index (κ2) is 7.18. The summed E-state index contributed by atoms with van der Waals surface area (Å²) in [5.74, 6) is -0.419. The molecule has 0 N–H and O–H groups in total. The lowest BCUT2D eigenvalue weighted by molar-refractivity contribution is 0.00208. The molecule has 20 heavy (non-hydrogen) atoms. The average Bonchev–Trinajstić information content (AvgIpc) is 2.45. The van der Waals surface area contributed by atoms with Gasteiger partial charge in [0.15, 0.2) is 0 Å². The van der Waals surface area contributed by atoms with Crippen molar-refractivity contribution in [3.8, 4) is 0 Å². The van der Waals surface area contributed by atoms with Crippen molar-refractivity contribution in [2.45, 2.75) is 32.3 Å². The highest BCUT2D eigenvalue weighted by atomic mass is 79.9. The van der Waals surface area contributed by atoms with E-state index in [-0.39, 0.29) is 17.8 Å². The minimum absolute atomic E-state index is 0.0679. The van der Waals surface area contributed by atoms with E-state index in [0.717, 1.165) is 32.4 Å². The van der Waals surface area contributed by atoms with Crippen LogP contribution in [0.3, 0.4) is 0 Å². The van der Waals surface area contributed by atoms with Crippen molar-refractivity contribution >= 4 is 21.8 Å². The summed E-state index contributed by atoms with van der Waals surface area (Å²) in [4.78, 5) is 14.3. The van der Waals surface area contributed by atoms with Crippen LogP contribution in [0.1, 0.15) is 36.5 Å². The Kier molecular flexibility index (Phi) is 5.54. The van der Waals surface area contributed by atoms with Crippen LogP contribution in [0.2, 0.25) is 0 Å². The quantitative estimate of drug-likeness (QED) is 0.835. The number of rotatable bonds is 4. The lowest BCUT2D eigenvalue weighted by Gasteiger charge is -2.33. The molecule has 1 saturated heterocycles. The molecule has 2 rings (SSSR count). The fourth-order valence-corrected chi connectivity index (χ4v) is 2.90. The van der Waals surface area contributed by atoms with Crippen LogP contribution in [-0.4, -0.2) is 36.6 Å². The topological polar surface area (TPSA) is 29.5 Å². The molecule has 0 aromatic heterocycles. The zero-order chi connectivity index (χ0) is 14.5. The summed E-state index contributed by atoms with van der Waals surface area (Å²) in [6.45, 7) is 4.14. The van der Waals surface area contributed by atoms with Gasteiger partial charge < -0.3 is 9.64 Å². The van der Waals surface area contributed by atoms with Crippen molar-refractivity contribution in [3.05, 3.63) is 34.1 Å². The highest BCUT2D eigenvalue weighted by Gasteiger charge is 2.25. The number of piperidine rings is 1. The molecule has 1 heterocycles. The lowest BCUT2D eigenvalue weighted by Crippen LogP contribution is -2.43. The monoisotopic (exact) mass is 343 g/mol. The molecule has 1 aromatic carbocycles. The van der Waals surface area contributed by atoms with Crippen LogP contribution >= 0.6 is 15.9 Å². The standard InChI is InChI=1S/C15H19BrFNO2/c1-2-8-20-12-4-3-7-18(10-12)15(19)13-6-5-11(17)9-14(13)16/h5-6,9,12H,2-4,7-8,10H2,1H3. The van der Waals surface area contributed by atoms with Crippen LogP contribution < -0.4 is 0 Å². The molecular weight excluding hydrogens is 325 g/mol. The van der Waals surface area contributed by atoms with Crippen LogP contribution in [0, 0.1) is 5.82 Å². The van der Waals surface area contributed by atoms with Crippen LogP contribution in [0.25, 0.3) is 0 Å². The first kappa shape index (κ1) is 15.4. The van der Waals surface area contributed by atoms with Gasteiger partial charge in [0, 0.05) is 24.2 Å². The van der Waals surface area contributed by atoms with Crippen molar-refractivity contribution in [3.63, 3.8) is 0 Å². The summed E-state index contributed by atoms with van der Waals surface area (Å²) in [7, 11) is 0. The average molecular weight is 344 g/mol. The van der Waals surface area contributed by atoms with Gasteiger partial charge in [-0.25, -0.2) is 4.39 Å². The second-order valence-corrected chi connectivity index (χ2v) is 5.86. The summed E-state index contributed by atoms with van der Waals surface area (Å²) in [6, 6.07) is 4.16. The van der Waals surface area contributed by atoms with E-state index in [1.807, 2.05) is 0 Å². The van der Waals surface area contributed by atoms with Crippen LogP contribution in [0.15, 0.2) is 22.7 Å². The van der Waals surface area contributed by atoms with Crippen molar-refractivity contribution < 1.29 is 13.9 Å². The van der Waals surface area contributed by atoms with Crippen LogP contribution in [0.5, 0.6) is 0 Å². The Hall–Kier alpha value is -0.940. The first-order chi connectivity index (χ1) is 9.61. The van der Waals surface area contributed by atoms with Crippen LogP contribution in [-0.2, 0) is 4.74 Å². The van der Waals surface area contributed by atoms with E-state index in [9.17, 15) is 9.18 Å². The molecule has 1 atom stereocenters. The molecule has 1 aliphatic heterocycles. The van der Waals surface area contributed by atoms with Gasteiger partial charge in [0.05, 0.1) is 11.7 Å². The summed E-state index contributed by atoms with van der Waals surface area (Å²) in [5, 5.41) is 0. The third kappa shape index (κ3) is 3.79. The number of carbonyl (C=O) groups is 1. The minimum atomic E-state index is -0.351. The third-order valence-electron chi connectivity index (χ3n) is 3.38. The number of ether oxygens (including phenoxy) is 1. The number of carbonyl (C=O) groups excluding carboxylic acids is 1. The number of halogens is 2. The molecule has 1 fully saturated rings. The lowest BCUT2D eigenvalue weighted by atomic mass is 10.1. The van der Waals surface area contributed by atoms with Gasteiger partial charge in [0.25, 0.3) is 5.91 Å². The summed E-state index contributed by atoms with van der Waals surface area (Å²) in [5.41, 5.74) is 0.502. The number of hydrogen-bond acceptors (Lipinski definition) is 2. The number of likely N-dealkylation sites (tertiary alicyclic amines) is 1. The van der Waals surface area contributed by atoms with Gasteiger partial charge in [0.2, 0.25) is 0 Å². The second-order valence-electron chi connectivity index (χ2n) is 5.01. The van der Waals surface area contributed by atoms with Gasteiger partial charge in [-0.05, 0) is 53.4 Å². The number of amides is 1. The molecule has 0 saturated carbocycles. The Morgan fingerprint density at radius 2 is 2.35 bits per heavy atom. The summed E-state index contributed by atoms with van der Waals surface area (Å²) >= 11 is 3.25. The Morgan fingerprint density at radius 3 is 3.05 bits per heavy atom. The molecule has 1 unspecified atom stereocenters. The number of hydrogen-bond donors (Lipinski definition) is 0. The summed E-state index contributed by atoms with van der Waals surface area (Å²) in [6.07, 6.45) is 3.04. The van der Waals surface area contributed by atoms with E-state index in [0.29, 0.717) is 16.6 Å². The van der Waals surface area contributed by atoms with Crippen LogP contribution in [0.4, 0.5) is 4.39 Å². The molecule has 0 aliphatic carbocycles. The third-order valence-corrected chi connectivity index (χ3v) is 4.04. The van der Waals surface area contributed by atoms with Crippen molar-refractivity contribution in [1.82, 2.24) is 4.90 Å². The normalized spacial score (nSPS) is 19.1. The number of benzene rings is 1. The first-order valence-electron chi connectivity index (χ1n) is 6.97. The molecule has 110 valence electrons. The highest BCUT2D eigenvalue weighted by Crippen LogP contribution is 2.22. The molecule has 1 aromatic rings. The zero-order valence-electron chi connectivity index (χ0n) is 11.6. The van der Waals surface area contributed by atoms with E-state index in [4.69, 9.17) is 4.74 Å². The maximum Gasteiger partial charge on any atom is 0.255 e. The Labute approximate surface area is 127 Å². The predicted octanol–water partition coefficient (Wildman–Crippen LogP) is 3.62. The molecule has 1 amide bonds. The first-order valence-corrected chi connectivity index (χ1v) is 7.77. The fraction of sp³-hybridized carbons (Fsp3) is 0.533. The van der Waals surface area contributed by atoms with Gasteiger partial charge in [-0.1, -0.05) is 6.92 Å². The molecule has 5 heteroatoms. The minimum Gasteiger partial charge on any atom is -0.376 e. The number of nitrogens with zero attached hydrogens (tertiary/aromatic N) is 1. The van der Waals surface area contributed by atoms with Gasteiger partial charge in [0.1, 0.15) is 5.82 Å². The van der Waals surface area contributed by atoms with Crippen molar-refractivity contribution in [2.24, 2.45) is 0 Å². The molecule has 0 bridgehead atoms. The molecular formula is C15H19BrFNO2. The zero-order valence-corrected chi connectivity index (χ0v) is 13.2. The van der Waals surface area contributed by atoms with Gasteiger partial charge >= 0.3 is 0 Å². The fourth-order valence-electron chi connectivity index (χ4n) is 2.38. The highest BCUT2D eigenvalue weighted by molar-refractivity contribution is 9.10. The van der Waals surface area contributed by atoms with E-state index in [2.05, 4.69) is 22.9 Å². The van der Waals surface area contributed by atoms with Gasteiger partial charge in [-0.15, -0.1) is 0 Å². The summed E-state index contributed by atoms with van der Waals surface area (Å²) < 4.78 is 19.3. The van der Waals surface area contributed by atoms with Crippen molar-refractivity contribution in [2.75, 3.05) is 19.7 Å². The van der Waals surface area contributed by atoms with E-state index in [1.54, 1.807) is 4.90 Å². The molecule has 3 nitrogen and oxygen atoms in total. The molecule has 1 aliphatic rings. The maximum atomic E-state index is 13.1.